The van der Waals surface area contributed by atoms with Crippen molar-refractivity contribution in [1.29, 1.82) is 0 Å². The van der Waals surface area contributed by atoms with Gasteiger partial charge < -0.3 is 16.0 Å². The second-order valence-corrected chi connectivity index (χ2v) is 8.42. The molecule has 0 saturated carbocycles. The molecule has 5 nitrogen and oxygen atoms in total. The predicted octanol–water partition coefficient (Wildman–Crippen LogP) is 3.46. The lowest BCUT2D eigenvalue weighted by Gasteiger charge is -2.29. The van der Waals surface area contributed by atoms with E-state index >= 15 is 0 Å². The van der Waals surface area contributed by atoms with Crippen LogP contribution >= 0.6 is 11.3 Å². The Kier molecular flexibility index (Phi) is 4.97. The maximum Gasteiger partial charge on any atom is 0.261 e. The van der Waals surface area contributed by atoms with Crippen LogP contribution in [0.2, 0.25) is 0 Å². The molecular weight excluding hydrogens is 365 g/mol. The second kappa shape index (κ2) is 7.40. The number of carbonyl (C=O) groups is 2. The summed E-state index contributed by atoms with van der Waals surface area (Å²) in [4.78, 5) is 25.6. The molecule has 2 bridgehead atoms. The Bertz CT molecular complexity index is 870. The lowest BCUT2D eigenvalue weighted by atomic mass is 10.00. The van der Waals surface area contributed by atoms with E-state index in [1.54, 1.807) is 12.1 Å². The van der Waals surface area contributed by atoms with Crippen molar-refractivity contribution >= 4 is 28.2 Å². The van der Waals surface area contributed by atoms with Crippen molar-refractivity contribution in [2.24, 2.45) is 0 Å². The summed E-state index contributed by atoms with van der Waals surface area (Å²) in [6.07, 6.45) is 4.31. The van der Waals surface area contributed by atoms with E-state index < -0.39 is 11.7 Å². The average Bonchev–Trinajstić information content (AvgIpc) is 3.16. The van der Waals surface area contributed by atoms with Crippen LogP contribution in [0.4, 0.5) is 9.39 Å². The van der Waals surface area contributed by atoms with Gasteiger partial charge in [-0.15, -0.1) is 11.3 Å². The van der Waals surface area contributed by atoms with Gasteiger partial charge in [0.1, 0.15) is 5.82 Å². The second-order valence-electron chi connectivity index (χ2n) is 7.37. The summed E-state index contributed by atoms with van der Waals surface area (Å²) in [6, 6.07) is 8.54. The maximum absolute atomic E-state index is 13.3. The third kappa shape index (κ3) is 4.04. The highest BCUT2D eigenvalue weighted by molar-refractivity contribution is 7.18. The maximum atomic E-state index is 13.3. The minimum Gasteiger partial charge on any atom is -0.348 e. The Labute approximate surface area is 161 Å². The number of halogens is 1. The van der Waals surface area contributed by atoms with Gasteiger partial charge in [-0.3, -0.25) is 9.59 Å². The normalized spacial score (nSPS) is 23.9. The molecule has 3 N–H and O–H groups in total. The van der Waals surface area contributed by atoms with E-state index in [1.807, 2.05) is 6.92 Å². The fourth-order valence-electron chi connectivity index (χ4n) is 4.01. The first kappa shape index (κ1) is 18.1. The number of hydrogen-bond donors (Lipinski definition) is 3. The van der Waals surface area contributed by atoms with Gasteiger partial charge in [0.25, 0.3) is 11.8 Å². The number of aryl methyl sites for hydroxylation is 1. The Morgan fingerprint density at radius 2 is 1.89 bits per heavy atom. The van der Waals surface area contributed by atoms with E-state index in [2.05, 4.69) is 16.0 Å². The van der Waals surface area contributed by atoms with Crippen LogP contribution in [-0.2, 0) is 0 Å². The van der Waals surface area contributed by atoms with Crippen LogP contribution in [0, 0.1) is 12.7 Å². The Morgan fingerprint density at radius 3 is 2.59 bits per heavy atom. The zero-order valence-corrected chi connectivity index (χ0v) is 15.9. The van der Waals surface area contributed by atoms with Gasteiger partial charge in [-0.05, 0) is 62.4 Å². The minimum atomic E-state index is -0.457. The summed E-state index contributed by atoms with van der Waals surface area (Å²) in [5, 5.41) is 10.1. The molecule has 3 heterocycles. The number of thiophene rings is 1. The van der Waals surface area contributed by atoms with Gasteiger partial charge in [0.05, 0.1) is 9.88 Å². The van der Waals surface area contributed by atoms with Crippen molar-refractivity contribution in [3.05, 3.63) is 52.2 Å². The summed E-state index contributed by atoms with van der Waals surface area (Å²) in [7, 11) is 0. The summed E-state index contributed by atoms with van der Waals surface area (Å²) in [5.41, 5.74) is 1.07. The topological polar surface area (TPSA) is 70.2 Å². The summed E-state index contributed by atoms with van der Waals surface area (Å²) in [5.74, 6) is -0.936. The third-order valence-corrected chi connectivity index (χ3v) is 6.41. The van der Waals surface area contributed by atoms with Crippen molar-refractivity contribution in [3.8, 4) is 0 Å². The van der Waals surface area contributed by atoms with Crippen LogP contribution < -0.4 is 16.0 Å². The number of anilines is 1. The van der Waals surface area contributed by atoms with Crippen molar-refractivity contribution in [2.45, 2.75) is 50.7 Å². The average molecular weight is 387 g/mol. The standard InChI is InChI=1S/C20H22FN3O2S/c1-11-7-17(24-19(25)12-3-2-4-13(21)8-12)27-18(11)20(26)23-16-9-14-5-6-15(10-16)22-14/h2-4,7-8,14-16,22H,5-6,9-10H2,1H3,(H,23,26)(H,24,25). The van der Waals surface area contributed by atoms with Crippen LogP contribution in [0.25, 0.3) is 0 Å². The van der Waals surface area contributed by atoms with E-state index in [9.17, 15) is 14.0 Å². The van der Waals surface area contributed by atoms with Crippen molar-refractivity contribution in [3.63, 3.8) is 0 Å². The smallest absolute Gasteiger partial charge is 0.261 e. The minimum absolute atomic E-state index is 0.0879. The molecule has 1 aromatic carbocycles. The number of piperidine rings is 1. The number of hydrogen-bond acceptors (Lipinski definition) is 4. The highest BCUT2D eigenvalue weighted by Crippen LogP contribution is 2.29. The van der Waals surface area contributed by atoms with Crippen molar-refractivity contribution < 1.29 is 14.0 Å². The molecule has 0 spiro atoms. The molecular formula is C20H22FN3O2S. The highest BCUT2D eigenvalue weighted by Gasteiger charge is 2.34. The monoisotopic (exact) mass is 387 g/mol. The SMILES string of the molecule is Cc1cc(NC(=O)c2cccc(F)c2)sc1C(=O)NC1CC2CCC(C1)N2. The highest BCUT2D eigenvalue weighted by atomic mass is 32.1. The first-order valence-electron chi connectivity index (χ1n) is 9.22. The molecule has 2 fully saturated rings. The quantitative estimate of drug-likeness (QED) is 0.752. The van der Waals surface area contributed by atoms with Gasteiger partial charge >= 0.3 is 0 Å². The van der Waals surface area contributed by atoms with Gasteiger partial charge in [0.15, 0.2) is 0 Å². The van der Waals surface area contributed by atoms with Crippen LogP contribution in [-0.4, -0.2) is 29.9 Å². The lowest BCUT2D eigenvalue weighted by Crippen LogP contribution is -2.47. The fourth-order valence-corrected chi connectivity index (χ4v) is 4.98. The molecule has 0 aliphatic carbocycles. The molecule has 7 heteroatoms. The molecule has 2 aromatic rings. The molecule has 2 aliphatic heterocycles. The first-order valence-corrected chi connectivity index (χ1v) is 10.0. The largest absolute Gasteiger partial charge is 0.348 e. The molecule has 2 saturated heterocycles. The van der Waals surface area contributed by atoms with Crippen molar-refractivity contribution in [2.75, 3.05) is 5.32 Å². The number of amides is 2. The molecule has 1 aromatic heterocycles. The van der Waals surface area contributed by atoms with E-state index in [4.69, 9.17) is 0 Å². The van der Waals surface area contributed by atoms with Gasteiger partial charge in [-0.1, -0.05) is 6.07 Å². The zero-order valence-electron chi connectivity index (χ0n) is 15.0. The van der Waals surface area contributed by atoms with E-state index in [0.717, 1.165) is 18.4 Å². The summed E-state index contributed by atoms with van der Waals surface area (Å²) < 4.78 is 13.3. The molecule has 2 aliphatic rings. The lowest BCUT2D eigenvalue weighted by molar-refractivity contribution is 0.0926. The Hall–Kier alpha value is -2.25. The van der Waals surface area contributed by atoms with E-state index in [0.29, 0.717) is 22.0 Å². The molecule has 2 unspecified atom stereocenters. The number of rotatable bonds is 4. The van der Waals surface area contributed by atoms with Crippen LogP contribution in [0.1, 0.15) is 51.3 Å². The van der Waals surface area contributed by atoms with Crippen LogP contribution in [0.5, 0.6) is 0 Å². The van der Waals surface area contributed by atoms with Crippen LogP contribution in [0.3, 0.4) is 0 Å². The fraction of sp³-hybridized carbons (Fsp3) is 0.400. The number of benzene rings is 1. The predicted molar refractivity (Wildman–Crippen MR) is 104 cm³/mol. The first-order chi connectivity index (χ1) is 13.0. The molecule has 2 atom stereocenters. The molecule has 2 amide bonds. The number of carbonyl (C=O) groups excluding carboxylic acids is 2. The Balaban J connectivity index is 1.41. The van der Waals surface area contributed by atoms with Gasteiger partial charge in [-0.25, -0.2) is 4.39 Å². The van der Waals surface area contributed by atoms with Crippen LogP contribution in [0.15, 0.2) is 30.3 Å². The van der Waals surface area contributed by atoms with Gasteiger partial charge in [0.2, 0.25) is 0 Å². The van der Waals surface area contributed by atoms with Gasteiger partial charge in [0, 0.05) is 23.7 Å². The molecule has 4 rings (SSSR count). The molecule has 0 radical (unpaired) electrons. The van der Waals surface area contributed by atoms with Gasteiger partial charge in [-0.2, -0.15) is 0 Å². The summed E-state index contributed by atoms with van der Waals surface area (Å²) >= 11 is 1.25. The zero-order chi connectivity index (χ0) is 19.0. The molecule has 142 valence electrons. The summed E-state index contributed by atoms with van der Waals surface area (Å²) in [6.45, 7) is 1.86. The van der Waals surface area contributed by atoms with Crippen molar-refractivity contribution in [1.82, 2.24) is 10.6 Å². The number of fused-ring (bicyclic) bond motifs is 2. The van der Waals surface area contributed by atoms with E-state index in [1.165, 1.54) is 42.4 Å². The van der Waals surface area contributed by atoms with E-state index in [-0.39, 0.29) is 17.5 Å². The third-order valence-electron chi connectivity index (χ3n) is 5.26. The Morgan fingerprint density at radius 1 is 1.15 bits per heavy atom. The molecule has 27 heavy (non-hydrogen) atoms. The number of nitrogens with one attached hydrogen (secondary N) is 3.